The molecule has 3 rings (SSSR count). The average Bonchev–Trinajstić information content (AvgIpc) is 2.40. The molecule has 0 saturated carbocycles. The molecule has 1 aromatic carbocycles. The first kappa shape index (κ1) is 12.3. The van der Waals surface area contributed by atoms with Gasteiger partial charge in [-0.2, -0.15) is 0 Å². The van der Waals surface area contributed by atoms with Crippen LogP contribution in [0, 0.1) is 0 Å². The number of piperidine rings is 1. The molecule has 1 N–H and O–H groups in total. The van der Waals surface area contributed by atoms with Crippen molar-refractivity contribution in [2.75, 3.05) is 18.4 Å². The second-order valence-electron chi connectivity index (χ2n) is 5.60. The van der Waals surface area contributed by atoms with E-state index in [1.807, 2.05) is 6.07 Å². The Morgan fingerprint density at radius 3 is 2.78 bits per heavy atom. The number of nitrogens with zero attached hydrogens (tertiary/aromatic N) is 1. The molecule has 2 nitrogen and oxygen atoms in total. The van der Waals surface area contributed by atoms with Gasteiger partial charge < -0.3 is 5.32 Å². The zero-order chi connectivity index (χ0) is 12.5. The number of nitrogens with one attached hydrogen (secondary N) is 1. The molecule has 98 valence electrons. The second-order valence-corrected chi connectivity index (χ2v) is 6.00. The van der Waals surface area contributed by atoms with Gasteiger partial charge in [-0.25, -0.2) is 0 Å². The standard InChI is InChI=1S/C15H21ClN2/c1-11-10-14(18-8-3-2-4-9-18)12-6-5-7-13(16)15(12)17-11/h5-7,11,14,17H,2-4,8-10H2,1H3. The number of halogens is 1. The summed E-state index contributed by atoms with van der Waals surface area (Å²) in [5.41, 5.74) is 2.55. The maximum absolute atomic E-state index is 6.33. The van der Waals surface area contributed by atoms with Crippen molar-refractivity contribution in [2.45, 2.75) is 44.7 Å². The minimum Gasteiger partial charge on any atom is -0.381 e. The van der Waals surface area contributed by atoms with Crippen LogP contribution >= 0.6 is 11.6 Å². The van der Waals surface area contributed by atoms with E-state index in [4.69, 9.17) is 11.6 Å². The molecule has 0 aliphatic carbocycles. The first-order valence-corrected chi connectivity index (χ1v) is 7.42. The van der Waals surface area contributed by atoms with Gasteiger partial charge in [0.25, 0.3) is 0 Å². The molecule has 0 bridgehead atoms. The zero-order valence-corrected chi connectivity index (χ0v) is 11.7. The Labute approximate surface area is 114 Å². The van der Waals surface area contributed by atoms with Gasteiger partial charge in [-0.3, -0.25) is 4.90 Å². The molecule has 3 heteroatoms. The molecule has 18 heavy (non-hydrogen) atoms. The number of benzene rings is 1. The molecule has 0 amide bonds. The van der Waals surface area contributed by atoms with E-state index < -0.39 is 0 Å². The summed E-state index contributed by atoms with van der Waals surface area (Å²) in [6, 6.07) is 7.35. The fourth-order valence-electron chi connectivity index (χ4n) is 3.31. The monoisotopic (exact) mass is 264 g/mol. The lowest BCUT2D eigenvalue weighted by molar-refractivity contribution is 0.149. The van der Waals surface area contributed by atoms with Crippen LogP contribution < -0.4 is 5.32 Å². The Bertz CT molecular complexity index is 427. The Balaban J connectivity index is 1.94. The van der Waals surface area contributed by atoms with Crippen molar-refractivity contribution in [2.24, 2.45) is 0 Å². The van der Waals surface area contributed by atoms with Crippen LogP contribution in [0.1, 0.15) is 44.2 Å². The van der Waals surface area contributed by atoms with Gasteiger partial charge in [0.05, 0.1) is 10.7 Å². The summed E-state index contributed by atoms with van der Waals surface area (Å²) in [5.74, 6) is 0. The lowest BCUT2D eigenvalue weighted by Gasteiger charge is -2.40. The summed E-state index contributed by atoms with van der Waals surface area (Å²) in [4.78, 5) is 2.65. The molecule has 0 aromatic heterocycles. The summed E-state index contributed by atoms with van der Waals surface area (Å²) in [6.45, 7) is 4.73. The maximum atomic E-state index is 6.33. The molecule has 2 unspecified atom stereocenters. The number of likely N-dealkylation sites (tertiary alicyclic amines) is 1. The van der Waals surface area contributed by atoms with Crippen LogP contribution in [0.4, 0.5) is 5.69 Å². The van der Waals surface area contributed by atoms with E-state index >= 15 is 0 Å². The van der Waals surface area contributed by atoms with E-state index in [1.165, 1.54) is 44.3 Å². The molecule has 0 radical (unpaired) electrons. The van der Waals surface area contributed by atoms with Gasteiger partial charge in [-0.1, -0.05) is 30.2 Å². The van der Waals surface area contributed by atoms with Crippen LogP contribution in [0.3, 0.4) is 0 Å². The molecule has 2 aliphatic rings. The summed E-state index contributed by atoms with van der Waals surface area (Å²) >= 11 is 6.33. The summed E-state index contributed by atoms with van der Waals surface area (Å²) in [5, 5.41) is 4.40. The van der Waals surface area contributed by atoms with E-state index in [2.05, 4.69) is 29.3 Å². The third-order valence-corrected chi connectivity index (χ3v) is 4.52. The highest BCUT2D eigenvalue weighted by Gasteiger charge is 2.30. The first-order chi connectivity index (χ1) is 8.75. The van der Waals surface area contributed by atoms with E-state index in [1.54, 1.807) is 0 Å². The van der Waals surface area contributed by atoms with E-state index in [0.717, 1.165) is 10.7 Å². The van der Waals surface area contributed by atoms with Crippen LogP contribution in [0.2, 0.25) is 5.02 Å². The zero-order valence-electron chi connectivity index (χ0n) is 11.0. The smallest absolute Gasteiger partial charge is 0.0641 e. The van der Waals surface area contributed by atoms with Crippen molar-refractivity contribution in [3.63, 3.8) is 0 Å². The van der Waals surface area contributed by atoms with Gasteiger partial charge in [-0.05, 0) is 50.9 Å². The Kier molecular flexibility index (Phi) is 3.49. The fourth-order valence-corrected chi connectivity index (χ4v) is 3.55. The Hall–Kier alpha value is -0.730. The first-order valence-electron chi connectivity index (χ1n) is 7.04. The minimum atomic E-state index is 0.504. The normalized spacial score (nSPS) is 28.6. The van der Waals surface area contributed by atoms with E-state index in [0.29, 0.717) is 12.1 Å². The highest BCUT2D eigenvalue weighted by Crippen LogP contribution is 2.41. The van der Waals surface area contributed by atoms with Gasteiger partial charge in [0, 0.05) is 12.1 Å². The Morgan fingerprint density at radius 2 is 2.00 bits per heavy atom. The molecule has 1 fully saturated rings. The fraction of sp³-hybridized carbons (Fsp3) is 0.600. The van der Waals surface area contributed by atoms with Gasteiger partial charge >= 0.3 is 0 Å². The summed E-state index contributed by atoms with van der Waals surface area (Å²) in [7, 11) is 0. The van der Waals surface area contributed by atoms with Gasteiger partial charge in [0.1, 0.15) is 0 Å². The molecular weight excluding hydrogens is 244 g/mol. The van der Waals surface area contributed by atoms with Crippen LogP contribution in [0.15, 0.2) is 18.2 Å². The van der Waals surface area contributed by atoms with Gasteiger partial charge in [0.2, 0.25) is 0 Å². The lowest BCUT2D eigenvalue weighted by Crippen LogP contribution is -2.39. The van der Waals surface area contributed by atoms with Crippen molar-refractivity contribution in [1.82, 2.24) is 4.90 Å². The number of fused-ring (bicyclic) bond motifs is 1. The highest BCUT2D eigenvalue weighted by molar-refractivity contribution is 6.33. The summed E-state index contributed by atoms with van der Waals surface area (Å²) < 4.78 is 0. The third-order valence-electron chi connectivity index (χ3n) is 4.20. The van der Waals surface area contributed by atoms with Crippen LogP contribution in [-0.2, 0) is 0 Å². The topological polar surface area (TPSA) is 15.3 Å². The third kappa shape index (κ3) is 2.24. The molecule has 2 atom stereocenters. The predicted molar refractivity (Wildman–Crippen MR) is 77.3 cm³/mol. The minimum absolute atomic E-state index is 0.504. The van der Waals surface area contributed by atoms with E-state index in [9.17, 15) is 0 Å². The van der Waals surface area contributed by atoms with Crippen molar-refractivity contribution in [3.8, 4) is 0 Å². The van der Waals surface area contributed by atoms with Crippen LogP contribution in [0.25, 0.3) is 0 Å². The molecule has 2 aliphatic heterocycles. The van der Waals surface area contributed by atoms with Crippen LogP contribution in [-0.4, -0.2) is 24.0 Å². The van der Waals surface area contributed by atoms with Crippen molar-refractivity contribution in [1.29, 1.82) is 0 Å². The van der Waals surface area contributed by atoms with Gasteiger partial charge in [0.15, 0.2) is 0 Å². The predicted octanol–water partition coefficient (Wildman–Crippen LogP) is 4.07. The molecular formula is C15H21ClN2. The number of hydrogen-bond donors (Lipinski definition) is 1. The highest BCUT2D eigenvalue weighted by atomic mass is 35.5. The lowest BCUT2D eigenvalue weighted by atomic mass is 9.91. The Morgan fingerprint density at radius 1 is 1.22 bits per heavy atom. The van der Waals surface area contributed by atoms with Crippen molar-refractivity contribution in [3.05, 3.63) is 28.8 Å². The molecule has 0 spiro atoms. The molecule has 1 saturated heterocycles. The summed E-state index contributed by atoms with van der Waals surface area (Å²) in [6.07, 6.45) is 5.26. The number of hydrogen-bond acceptors (Lipinski definition) is 2. The maximum Gasteiger partial charge on any atom is 0.0641 e. The second kappa shape index (κ2) is 5.10. The van der Waals surface area contributed by atoms with Gasteiger partial charge in [-0.15, -0.1) is 0 Å². The molecule has 2 heterocycles. The van der Waals surface area contributed by atoms with Crippen molar-refractivity contribution >= 4 is 17.3 Å². The van der Waals surface area contributed by atoms with E-state index in [-0.39, 0.29) is 0 Å². The average molecular weight is 265 g/mol. The number of rotatable bonds is 1. The number of para-hydroxylation sites is 1. The van der Waals surface area contributed by atoms with Crippen molar-refractivity contribution < 1.29 is 0 Å². The van der Waals surface area contributed by atoms with Crippen LogP contribution in [0.5, 0.6) is 0 Å². The SMILES string of the molecule is CC1CC(N2CCCCC2)c2cccc(Cl)c2N1. The molecule has 1 aromatic rings. The quantitative estimate of drug-likeness (QED) is 0.823. The number of anilines is 1. The largest absolute Gasteiger partial charge is 0.381 e.